The van der Waals surface area contributed by atoms with Crippen molar-refractivity contribution in [3.8, 4) is 5.75 Å². The van der Waals surface area contributed by atoms with Crippen molar-refractivity contribution in [2.45, 2.75) is 56.3 Å². The fourth-order valence-corrected chi connectivity index (χ4v) is 4.27. The first-order valence-corrected chi connectivity index (χ1v) is 14.6. The fraction of sp³-hybridized carbons (Fsp3) is 0.542. The normalized spacial score (nSPS) is 14.0. The molecule has 0 saturated heterocycles. The molecule has 0 aliphatic heterocycles. The molecule has 0 saturated carbocycles. The minimum absolute atomic E-state index is 0.00809. The summed E-state index contributed by atoms with van der Waals surface area (Å²) in [7, 11) is 0. The lowest BCUT2D eigenvalue weighted by molar-refractivity contribution is -0.143. The number of carbonyl (C=O) groups is 5. The maximum atomic E-state index is 13.3. The van der Waals surface area contributed by atoms with E-state index in [0.29, 0.717) is 23.5 Å². The molecule has 0 radical (unpaired) electrons. The molecule has 1 rings (SSSR count). The lowest BCUT2D eigenvalue weighted by atomic mass is 10.0. The number of amides is 3. The number of benzene rings is 1. The Balaban J connectivity index is 3.13. The Kier molecular flexibility index (Phi) is 15.2. The number of carbonyl (C=O) groups excluding carboxylic acids is 3. The van der Waals surface area contributed by atoms with Crippen LogP contribution in [-0.2, 0) is 30.4 Å². The number of aliphatic carboxylic acids is 2. The molecule has 8 N–H and O–H groups in total. The SMILES string of the molecule is CSCCC(N)C(=O)NC(Cc1ccc(O)cc1)C(=O)NC(CCC(=O)O)C(=O)NC(CCSC)C(=O)O. The van der Waals surface area contributed by atoms with E-state index >= 15 is 0 Å². The zero-order valence-corrected chi connectivity index (χ0v) is 23.0. The summed E-state index contributed by atoms with van der Waals surface area (Å²) in [6.45, 7) is 0. The van der Waals surface area contributed by atoms with Gasteiger partial charge in [0, 0.05) is 12.8 Å². The summed E-state index contributed by atoms with van der Waals surface area (Å²) in [6.07, 6.45) is 3.39. The van der Waals surface area contributed by atoms with Gasteiger partial charge in [0.2, 0.25) is 17.7 Å². The van der Waals surface area contributed by atoms with Crippen LogP contribution in [0.1, 0.15) is 31.2 Å². The Bertz CT molecular complexity index is 948. The molecule has 4 atom stereocenters. The van der Waals surface area contributed by atoms with Gasteiger partial charge in [0.05, 0.1) is 6.04 Å². The van der Waals surface area contributed by atoms with E-state index in [1.807, 2.05) is 6.26 Å². The van der Waals surface area contributed by atoms with Gasteiger partial charge in [0.15, 0.2) is 0 Å². The summed E-state index contributed by atoms with van der Waals surface area (Å²) in [5, 5.41) is 35.5. The molecule has 12 nitrogen and oxygen atoms in total. The lowest BCUT2D eigenvalue weighted by Gasteiger charge is -2.25. The molecule has 14 heteroatoms. The zero-order valence-electron chi connectivity index (χ0n) is 21.3. The number of rotatable bonds is 18. The number of nitrogens with one attached hydrogen (secondary N) is 3. The third kappa shape index (κ3) is 12.5. The van der Waals surface area contributed by atoms with Crippen LogP contribution in [-0.4, -0.2) is 93.2 Å². The second-order valence-corrected chi connectivity index (χ2v) is 10.5. The summed E-state index contributed by atoms with van der Waals surface area (Å²) < 4.78 is 0. The zero-order chi connectivity index (χ0) is 28.7. The first-order chi connectivity index (χ1) is 18.0. The monoisotopic (exact) mass is 572 g/mol. The van der Waals surface area contributed by atoms with Gasteiger partial charge >= 0.3 is 11.9 Å². The van der Waals surface area contributed by atoms with Gasteiger partial charge in [-0.05, 0) is 61.0 Å². The smallest absolute Gasteiger partial charge is 0.326 e. The molecular weight excluding hydrogens is 536 g/mol. The van der Waals surface area contributed by atoms with Crippen LogP contribution < -0.4 is 21.7 Å². The first kappa shape index (κ1) is 33.1. The molecule has 0 aromatic heterocycles. The minimum Gasteiger partial charge on any atom is -0.508 e. The molecule has 0 heterocycles. The van der Waals surface area contributed by atoms with Crippen molar-refractivity contribution < 1.29 is 39.3 Å². The van der Waals surface area contributed by atoms with Crippen LogP contribution in [0.3, 0.4) is 0 Å². The van der Waals surface area contributed by atoms with Crippen molar-refractivity contribution >= 4 is 53.2 Å². The number of thioether (sulfide) groups is 2. The summed E-state index contributed by atoms with van der Waals surface area (Å²) >= 11 is 2.91. The topological polar surface area (TPSA) is 208 Å². The molecule has 1 aromatic carbocycles. The van der Waals surface area contributed by atoms with Crippen molar-refractivity contribution in [3.63, 3.8) is 0 Å². The van der Waals surface area contributed by atoms with Gasteiger partial charge < -0.3 is 37.0 Å². The highest BCUT2D eigenvalue weighted by atomic mass is 32.2. The van der Waals surface area contributed by atoms with Crippen molar-refractivity contribution in [2.24, 2.45) is 5.73 Å². The molecule has 1 aromatic rings. The van der Waals surface area contributed by atoms with E-state index in [1.54, 1.807) is 18.4 Å². The van der Waals surface area contributed by atoms with Gasteiger partial charge in [-0.3, -0.25) is 19.2 Å². The van der Waals surface area contributed by atoms with Crippen LogP contribution in [0.5, 0.6) is 5.75 Å². The highest BCUT2D eigenvalue weighted by molar-refractivity contribution is 7.98. The van der Waals surface area contributed by atoms with Gasteiger partial charge in [0.25, 0.3) is 0 Å². The van der Waals surface area contributed by atoms with E-state index in [2.05, 4.69) is 16.0 Å². The molecule has 0 spiro atoms. The average Bonchev–Trinajstić information content (AvgIpc) is 2.87. The van der Waals surface area contributed by atoms with Gasteiger partial charge in [-0.15, -0.1) is 0 Å². The predicted octanol–water partition coefficient (Wildman–Crippen LogP) is 0.172. The largest absolute Gasteiger partial charge is 0.508 e. The third-order valence-electron chi connectivity index (χ3n) is 5.48. The molecule has 38 heavy (non-hydrogen) atoms. The molecule has 3 amide bonds. The number of carboxylic acids is 2. The Morgan fingerprint density at radius 2 is 1.32 bits per heavy atom. The number of nitrogens with two attached hydrogens (primary N) is 1. The Morgan fingerprint density at radius 1 is 0.789 bits per heavy atom. The molecule has 0 aliphatic carbocycles. The molecule has 212 valence electrons. The first-order valence-electron chi connectivity index (χ1n) is 11.9. The van der Waals surface area contributed by atoms with Gasteiger partial charge in [-0.25, -0.2) is 4.79 Å². The summed E-state index contributed by atoms with van der Waals surface area (Å²) in [5.41, 5.74) is 6.53. The van der Waals surface area contributed by atoms with Crippen molar-refractivity contribution in [1.29, 1.82) is 0 Å². The molecule has 0 fully saturated rings. The van der Waals surface area contributed by atoms with Crippen LogP contribution in [0.15, 0.2) is 24.3 Å². The standard InChI is InChI=1S/C24H36N4O8S2/c1-37-11-9-16(25)21(32)28-19(13-14-3-5-15(29)6-4-14)23(34)26-17(7-8-20(30)31)22(33)27-18(24(35)36)10-12-38-2/h3-6,16-19,29H,7-13,25H2,1-2H3,(H,26,34)(H,27,33)(H,28,32)(H,30,31)(H,35,36). The lowest BCUT2D eigenvalue weighted by Crippen LogP contribution is -2.57. The van der Waals surface area contributed by atoms with Gasteiger partial charge in [-0.2, -0.15) is 23.5 Å². The highest BCUT2D eigenvalue weighted by Crippen LogP contribution is 2.12. The van der Waals surface area contributed by atoms with Crippen molar-refractivity contribution in [2.75, 3.05) is 24.0 Å². The van der Waals surface area contributed by atoms with Crippen LogP contribution in [0.2, 0.25) is 0 Å². The van der Waals surface area contributed by atoms with Crippen LogP contribution in [0.25, 0.3) is 0 Å². The summed E-state index contributed by atoms with van der Waals surface area (Å²) in [5.74, 6) is -3.56. The predicted molar refractivity (Wildman–Crippen MR) is 146 cm³/mol. The van der Waals surface area contributed by atoms with Crippen LogP contribution >= 0.6 is 23.5 Å². The number of phenolic OH excluding ortho intramolecular Hbond substituents is 1. The van der Waals surface area contributed by atoms with E-state index < -0.39 is 60.2 Å². The van der Waals surface area contributed by atoms with E-state index in [1.165, 1.54) is 35.7 Å². The molecule has 0 aliphatic rings. The average molecular weight is 573 g/mol. The highest BCUT2D eigenvalue weighted by Gasteiger charge is 2.30. The molecular formula is C24H36N4O8S2. The number of aromatic hydroxyl groups is 1. The van der Waals surface area contributed by atoms with Crippen LogP contribution in [0.4, 0.5) is 0 Å². The number of hydrogen-bond donors (Lipinski definition) is 7. The second kappa shape index (κ2) is 17.5. The Hall–Kier alpha value is -2.97. The number of phenols is 1. The van der Waals surface area contributed by atoms with E-state index in [4.69, 9.17) is 10.8 Å². The second-order valence-electron chi connectivity index (χ2n) is 8.49. The maximum Gasteiger partial charge on any atom is 0.326 e. The third-order valence-corrected chi connectivity index (χ3v) is 6.77. The van der Waals surface area contributed by atoms with Crippen molar-refractivity contribution in [1.82, 2.24) is 16.0 Å². The van der Waals surface area contributed by atoms with Crippen LogP contribution in [0, 0.1) is 0 Å². The number of carboxylic acid groups (broad SMARTS) is 2. The Morgan fingerprint density at radius 3 is 1.87 bits per heavy atom. The molecule has 4 unspecified atom stereocenters. The van der Waals surface area contributed by atoms with Gasteiger partial charge in [0.1, 0.15) is 23.9 Å². The summed E-state index contributed by atoms with van der Waals surface area (Å²) in [6, 6.07) is 1.32. The Labute approximate surface area is 229 Å². The quantitative estimate of drug-likeness (QED) is 0.126. The number of hydrogen-bond acceptors (Lipinski definition) is 9. The van der Waals surface area contributed by atoms with Gasteiger partial charge in [-0.1, -0.05) is 12.1 Å². The molecule has 0 bridgehead atoms. The fourth-order valence-electron chi connectivity index (χ4n) is 3.31. The maximum absolute atomic E-state index is 13.3. The van der Waals surface area contributed by atoms with E-state index in [0.717, 1.165) is 0 Å². The summed E-state index contributed by atoms with van der Waals surface area (Å²) in [4.78, 5) is 61.6. The van der Waals surface area contributed by atoms with E-state index in [9.17, 15) is 34.2 Å². The minimum atomic E-state index is -1.36. The van der Waals surface area contributed by atoms with Crippen molar-refractivity contribution in [3.05, 3.63) is 29.8 Å². The van der Waals surface area contributed by atoms with E-state index in [-0.39, 0.29) is 25.0 Å².